The highest BCUT2D eigenvalue weighted by Gasteiger charge is 2.15. The molecule has 0 aromatic heterocycles. The summed E-state index contributed by atoms with van der Waals surface area (Å²) in [5, 5.41) is 3.01. The van der Waals surface area contributed by atoms with Crippen LogP contribution < -0.4 is 5.32 Å². The number of halogens is 2. The van der Waals surface area contributed by atoms with Crippen molar-refractivity contribution in [2.75, 3.05) is 11.9 Å². The van der Waals surface area contributed by atoms with Crippen molar-refractivity contribution in [3.05, 3.63) is 11.9 Å². The molecule has 0 fully saturated rings. The Balaban J connectivity index is 3.77. The third-order valence-electron chi connectivity index (χ3n) is 1.30. The molecule has 1 amide bonds. The summed E-state index contributed by atoms with van der Waals surface area (Å²) in [7, 11) is 0. The number of carbonyl (C=O) groups excluding carboxylic acids is 1. The van der Waals surface area contributed by atoms with Crippen LogP contribution >= 0.6 is 15.9 Å². The number of carbonyl (C=O) groups is 1. The van der Waals surface area contributed by atoms with Crippen molar-refractivity contribution >= 4 is 22.0 Å². The van der Waals surface area contributed by atoms with Gasteiger partial charge in [0.05, 0.1) is 5.83 Å². The van der Waals surface area contributed by atoms with Crippen LogP contribution in [0.3, 0.4) is 0 Å². The summed E-state index contributed by atoms with van der Waals surface area (Å²) in [5.41, 5.74) is -0.526. The zero-order chi connectivity index (χ0) is 11.9. The van der Waals surface area contributed by atoms with Crippen molar-refractivity contribution in [3.63, 3.8) is 0 Å². The number of nitrogens with one attached hydrogen (secondary N) is 1. The Kier molecular flexibility index (Phi) is 6.56. The van der Waals surface area contributed by atoms with Crippen LogP contribution in [0.2, 0.25) is 0 Å². The average Bonchev–Trinajstić information content (AvgIpc) is 2.00. The van der Waals surface area contributed by atoms with Gasteiger partial charge in [-0.05, 0) is 26.8 Å². The fraction of sp³-hybridized carbons (Fsp3) is 0.700. The van der Waals surface area contributed by atoms with Crippen LogP contribution in [0.25, 0.3) is 0 Å². The zero-order valence-electron chi connectivity index (χ0n) is 9.27. The largest absolute Gasteiger partial charge is 0.444 e. The number of alkyl halides is 1. The molecule has 0 spiro atoms. The standard InChI is InChI=1S/C10H17BrFNO2/c1-10(2,3)15-9(14)13-7-5-8(12)4-6-11/h5H,4,6-7H2,1-3H3,(H,13,14)/b8-5-. The predicted molar refractivity (Wildman–Crippen MR) is 61.8 cm³/mol. The van der Waals surface area contributed by atoms with Gasteiger partial charge in [-0.25, -0.2) is 9.18 Å². The Hall–Kier alpha value is -0.580. The third-order valence-corrected chi connectivity index (χ3v) is 1.70. The van der Waals surface area contributed by atoms with Crippen molar-refractivity contribution in [1.29, 1.82) is 0 Å². The Bertz CT molecular complexity index is 236. The summed E-state index contributed by atoms with van der Waals surface area (Å²) in [4.78, 5) is 11.1. The molecule has 0 radical (unpaired) electrons. The number of allylic oxidation sites excluding steroid dienone is 1. The van der Waals surface area contributed by atoms with E-state index in [2.05, 4.69) is 21.2 Å². The molecule has 0 atom stereocenters. The molecule has 0 aromatic carbocycles. The number of hydrogen-bond donors (Lipinski definition) is 1. The van der Waals surface area contributed by atoms with Crippen molar-refractivity contribution < 1.29 is 13.9 Å². The van der Waals surface area contributed by atoms with E-state index in [9.17, 15) is 9.18 Å². The van der Waals surface area contributed by atoms with E-state index < -0.39 is 11.7 Å². The summed E-state index contributed by atoms with van der Waals surface area (Å²) < 4.78 is 17.8. The molecule has 0 aliphatic rings. The van der Waals surface area contributed by atoms with E-state index in [1.54, 1.807) is 20.8 Å². The number of hydrogen-bond acceptors (Lipinski definition) is 2. The summed E-state index contributed by atoms with van der Waals surface area (Å²) in [6.07, 6.45) is 1.12. The monoisotopic (exact) mass is 281 g/mol. The SMILES string of the molecule is CC(C)(C)OC(=O)NC/C=C(\F)CCBr. The van der Waals surface area contributed by atoms with Gasteiger partial charge in [0.2, 0.25) is 0 Å². The van der Waals surface area contributed by atoms with Crippen LogP contribution in [0.4, 0.5) is 9.18 Å². The van der Waals surface area contributed by atoms with E-state index in [0.29, 0.717) is 11.8 Å². The first kappa shape index (κ1) is 14.4. The Morgan fingerprint density at radius 3 is 2.60 bits per heavy atom. The molecule has 0 aliphatic heterocycles. The number of ether oxygens (including phenoxy) is 1. The molecule has 88 valence electrons. The van der Waals surface area contributed by atoms with Crippen LogP contribution in [0.5, 0.6) is 0 Å². The van der Waals surface area contributed by atoms with Crippen LogP contribution in [0, 0.1) is 0 Å². The smallest absolute Gasteiger partial charge is 0.407 e. The van der Waals surface area contributed by atoms with Crippen LogP contribution in [0.15, 0.2) is 11.9 Å². The van der Waals surface area contributed by atoms with Gasteiger partial charge < -0.3 is 10.1 Å². The molecule has 0 saturated heterocycles. The van der Waals surface area contributed by atoms with E-state index in [4.69, 9.17) is 4.74 Å². The zero-order valence-corrected chi connectivity index (χ0v) is 10.9. The summed E-state index contributed by atoms with van der Waals surface area (Å²) in [5.74, 6) is -0.247. The van der Waals surface area contributed by atoms with E-state index in [1.165, 1.54) is 6.08 Å². The molecule has 0 rings (SSSR count). The van der Waals surface area contributed by atoms with E-state index in [1.807, 2.05) is 0 Å². The topological polar surface area (TPSA) is 38.3 Å². The summed E-state index contributed by atoms with van der Waals surface area (Å²) in [6, 6.07) is 0. The lowest BCUT2D eigenvalue weighted by Crippen LogP contribution is -2.32. The maximum atomic E-state index is 12.8. The Morgan fingerprint density at radius 2 is 2.13 bits per heavy atom. The highest BCUT2D eigenvalue weighted by atomic mass is 79.9. The quantitative estimate of drug-likeness (QED) is 0.804. The number of amides is 1. The molecule has 15 heavy (non-hydrogen) atoms. The molecule has 0 saturated carbocycles. The molecule has 0 unspecified atom stereocenters. The van der Waals surface area contributed by atoms with E-state index in [-0.39, 0.29) is 12.4 Å². The minimum atomic E-state index is -0.537. The highest BCUT2D eigenvalue weighted by molar-refractivity contribution is 9.09. The normalized spacial score (nSPS) is 12.5. The third kappa shape index (κ3) is 9.72. The van der Waals surface area contributed by atoms with E-state index >= 15 is 0 Å². The molecule has 0 aliphatic carbocycles. The fourth-order valence-corrected chi connectivity index (χ4v) is 1.13. The fourth-order valence-electron chi connectivity index (χ4n) is 0.752. The van der Waals surface area contributed by atoms with Gasteiger partial charge in [0.1, 0.15) is 5.60 Å². The van der Waals surface area contributed by atoms with Crippen LogP contribution in [0.1, 0.15) is 27.2 Å². The molecule has 0 bridgehead atoms. The highest BCUT2D eigenvalue weighted by Crippen LogP contribution is 2.07. The van der Waals surface area contributed by atoms with Gasteiger partial charge in [0.25, 0.3) is 0 Å². The summed E-state index contributed by atoms with van der Waals surface area (Å²) in [6.45, 7) is 5.46. The molecule has 3 nitrogen and oxygen atoms in total. The predicted octanol–water partition coefficient (Wildman–Crippen LogP) is 3.15. The number of rotatable bonds is 4. The van der Waals surface area contributed by atoms with Crippen molar-refractivity contribution in [2.24, 2.45) is 0 Å². The maximum Gasteiger partial charge on any atom is 0.407 e. The van der Waals surface area contributed by atoms with Crippen molar-refractivity contribution in [3.8, 4) is 0 Å². The van der Waals surface area contributed by atoms with Crippen molar-refractivity contribution in [2.45, 2.75) is 32.8 Å². The molecule has 0 heterocycles. The lowest BCUT2D eigenvalue weighted by atomic mass is 10.2. The second kappa shape index (κ2) is 6.82. The lowest BCUT2D eigenvalue weighted by Gasteiger charge is -2.19. The summed E-state index contributed by atoms with van der Waals surface area (Å²) >= 11 is 3.12. The van der Waals surface area contributed by atoms with Gasteiger partial charge >= 0.3 is 6.09 Å². The van der Waals surface area contributed by atoms with Gasteiger partial charge in [0, 0.05) is 18.3 Å². The van der Waals surface area contributed by atoms with Gasteiger partial charge in [-0.15, -0.1) is 0 Å². The van der Waals surface area contributed by atoms with Crippen molar-refractivity contribution in [1.82, 2.24) is 5.32 Å². The first-order chi connectivity index (χ1) is 6.85. The Morgan fingerprint density at radius 1 is 1.53 bits per heavy atom. The second-order valence-electron chi connectivity index (χ2n) is 3.97. The van der Waals surface area contributed by atoms with E-state index in [0.717, 1.165) is 0 Å². The average molecular weight is 282 g/mol. The molecule has 1 N–H and O–H groups in total. The Labute approximate surface area is 98.2 Å². The molecule has 0 aromatic rings. The minimum Gasteiger partial charge on any atom is -0.444 e. The first-order valence-corrected chi connectivity index (χ1v) is 5.84. The van der Waals surface area contributed by atoms with Gasteiger partial charge in [-0.2, -0.15) is 0 Å². The first-order valence-electron chi connectivity index (χ1n) is 4.72. The molecular weight excluding hydrogens is 265 g/mol. The second-order valence-corrected chi connectivity index (χ2v) is 4.77. The van der Waals surface area contributed by atoms with Crippen LogP contribution in [-0.4, -0.2) is 23.6 Å². The lowest BCUT2D eigenvalue weighted by molar-refractivity contribution is 0.0534. The molecule has 5 heteroatoms. The van der Waals surface area contributed by atoms with Gasteiger partial charge in [-0.1, -0.05) is 15.9 Å². The number of alkyl carbamates (subject to hydrolysis) is 1. The molecular formula is C10H17BrFNO2. The van der Waals surface area contributed by atoms with Gasteiger partial charge in [0.15, 0.2) is 0 Å². The van der Waals surface area contributed by atoms with Crippen LogP contribution in [-0.2, 0) is 4.74 Å². The van der Waals surface area contributed by atoms with Gasteiger partial charge in [-0.3, -0.25) is 0 Å². The minimum absolute atomic E-state index is 0.147. The maximum absolute atomic E-state index is 12.8.